The Balaban J connectivity index is 1.84. The van der Waals surface area contributed by atoms with Gasteiger partial charge in [0.05, 0.1) is 0 Å². The Hall–Kier alpha value is -1.02. The van der Waals surface area contributed by atoms with Crippen LogP contribution in [0.2, 0.25) is 0 Å². The molecule has 15 heavy (non-hydrogen) atoms. The SMILES string of the molecule is Cc1ccc(N2CCN3CCC2C3)cc1. The second-order valence-corrected chi connectivity index (χ2v) is 4.77. The van der Waals surface area contributed by atoms with E-state index in [4.69, 9.17) is 0 Å². The second-order valence-electron chi connectivity index (χ2n) is 4.77. The van der Waals surface area contributed by atoms with E-state index in [1.165, 1.54) is 43.9 Å². The van der Waals surface area contributed by atoms with Gasteiger partial charge in [0.15, 0.2) is 0 Å². The molecule has 3 rings (SSSR count). The van der Waals surface area contributed by atoms with E-state index < -0.39 is 0 Å². The summed E-state index contributed by atoms with van der Waals surface area (Å²) < 4.78 is 0. The lowest BCUT2D eigenvalue weighted by Crippen LogP contribution is -2.46. The number of rotatable bonds is 1. The molecule has 2 atom stereocenters. The smallest absolute Gasteiger partial charge is 0.0429 e. The first-order valence-electron chi connectivity index (χ1n) is 5.88. The summed E-state index contributed by atoms with van der Waals surface area (Å²) in [5, 5.41) is 0. The van der Waals surface area contributed by atoms with Crippen molar-refractivity contribution in [2.75, 3.05) is 31.1 Å². The van der Waals surface area contributed by atoms with Crippen molar-refractivity contribution in [3.8, 4) is 0 Å². The van der Waals surface area contributed by atoms with Crippen molar-refractivity contribution in [2.45, 2.75) is 19.4 Å². The number of piperazine rings is 1. The maximum absolute atomic E-state index is 2.59. The van der Waals surface area contributed by atoms with Gasteiger partial charge in [-0.25, -0.2) is 0 Å². The molecular weight excluding hydrogens is 184 g/mol. The Morgan fingerprint density at radius 3 is 2.67 bits per heavy atom. The van der Waals surface area contributed by atoms with Crippen LogP contribution in [0, 0.1) is 6.92 Å². The van der Waals surface area contributed by atoms with Gasteiger partial charge < -0.3 is 4.90 Å². The number of hydrogen-bond acceptors (Lipinski definition) is 2. The molecule has 0 amide bonds. The number of nitrogens with zero attached hydrogens (tertiary/aromatic N) is 2. The molecule has 0 spiro atoms. The summed E-state index contributed by atoms with van der Waals surface area (Å²) in [7, 11) is 0. The molecule has 80 valence electrons. The Kier molecular flexibility index (Phi) is 2.17. The van der Waals surface area contributed by atoms with Gasteiger partial charge in [0, 0.05) is 37.9 Å². The van der Waals surface area contributed by atoms with E-state index in [9.17, 15) is 0 Å². The van der Waals surface area contributed by atoms with E-state index in [-0.39, 0.29) is 0 Å². The highest BCUT2D eigenvalue weighted by Crippen LogP contribution is 2.26. The molecule has 2 heteroatoms. The highest BCUT2D eigenvalue weighted by atomic mass is 15.3. The van der Waals surface area contributed by atoms with Crippen LogP contribution >= 0.6 is 0 Å². The van der Waals surface area contributed by atoms with E-state index in [2.05, 4.69) is 41.0 Å². The van der Waals surface area contributed by atoms with Gasteiger partial charge in [0.2, 0.25) is 0 Å². The molecule has 0 aliphatic carbocycles. The fourth-order valence-electron chi connectivity index (χ4n) is 2.78. The molecule has 2 saturated heterocycles. The summed E-state index contributed by atoms with van der Waals surface area (Å²) >= 11 is 0. The molecule has 2 heterocycles. The molecule has 1 aromatic rings. The Morgan fingerprint density at radius 1 is 1.07 bits per heavy atom. The molecule has 2 unspecified atom stereocenters. The van der Waals surface area contributed by atoms with Gasteiger partial charge in [-0.05, 0) is 25.5 Å². The number of anilines is 1. The van der Waals surface area contributed by atoms with Crippen molar-refractivity contribution < 1.29 is 0 Å². The highest BCUT2D eigenvalue weighted by Gasteiger charge is 2.32. The average Bonchev–Trinajstić information content (AvgIpc) is 2.63. The molecule has 2 nitrogen and oxygen atoms in total. The third-order valence-corrected chi connectivity index (χ3v) is 3.71. The zero-order valence-electron chi connectivity index (χ0n) is 9.32. The Labute approximate surface area is 91.5 Å². The van der Waals surface area contributed by atoms with Gasteiger partial charge in [-0.1, -0.05) is 17.7 Å². The highest BCUT2D eigenvalue weighted by molar-refractivity contribution is 5.49. The van der Waals surface area contributed by atoms with Gasteiger partial charge >= 0.3 is 0 Å². The number of benzene rings is 1. The third-order valence-electron chi connectivity index (χ3n) is 3.71. The standard InChI is InChI=1S/C13H18N2/c1-11-2-4-12(5-3-11)15-9-8-14-7-6-13(15)10-14/h2-5,13H,6-10H2,1H3. The van der Waals surface area contributed by atoms with Crippen LogP contribution in [0.25, 0.3) is 0 Å². The van der Waals surface area contributed by atoms with Gasteiger partial charge in [-0.2, -0.15) is 0 Å². The van der Waals surface area contributed by atoms with Crippen molar-refractivity contribution in [1.29, 1.82) is 0 Å². The van der Waals surface area contributed by atoms with Gasteiger partial charge in [0.25, 0.3) is 0 Å². The quantitative estimate of drug-likeness (QED) is 0.686. The largest absolute Gasteiger partial charge is 0.366 e. The van der Waals surface area contributed by atoms with Crippen molar-refractivity contribution in [1.82, 2.24) is 4.90 Å². The average molecular weight is 202 g/mol. The molecule has 0 radical (unpaired) electrons. The van der Waals surface area contributed by atoms with Crippen LogP contribution in [0.1, 0.15) is 12.0 Å². The number of aryl methyl sites for hydroxylation is 1. The van der Waals surface area contributed by atoms with E-state index in [0.29, 0.717) is 0 Å². The lowest BCUT2D eigenvalue weighted by atomic mass is 10.1. The summed E-state index contributed by atoms with van der Waals surface area (Å²) in [5.41, 5.74) is 2.76. The van der Waals surface area contributed by atoms with Crippen LogP contribution in [-0.4, -0.2) is 37.1 Å². The first-order valence-corrected chi connectivity index (χ1v) is 5.88. The van der Waals surface area contributed by atoms with E-state index >= 15 is 0 Å². The lowest BCUT2D eigenvalue weighted by molar-refractivity contribution is 0.311. The summed E-state index contributed by atoms with van der Waals surface area (Å²) in [6.07, 6.45) is 1.34. The minimum Gasteiger partial charge on any atom is -0.366 e. The van der Waals surface area contributed by atoms with Crippen molar-refractivity contribution in [3.63, 3.8) is 0 Å². The Morgan fingerprint density at radius 2 is 1.87 bits per heavy atom. The van der Waals surface area contributed by atoms with E-state index in [1.807, 2.05) is 0 Å². The molecule has 0 N–H and O–H groups in total. The normalized spacial score (nSPS) is 29.5. The molecular formula is C13H18N2. The zero-order chi connectivity index (χ0) is 10.3. The van der Waals surface area contributed by atoms with Crippen molar-refractivity contribution in [3.05, 3.63) is 29.8 Å². The maximum atomic E-state index is 2.59. The predicted octanol–water partition coefficient (Wildman–Crippen LogP) is 1.89. The molecule has 2 aliphatic heterocycles. The lowest BCUT2D eigenvalue weighted by Gasteiger charge is -2.36. The summed E-state index contributed by atoms with van der Waals surface area (Å²) in [5.74, 6) is 0. The van der Waals surface area contributed by atoms with Crippen LogP contribution in [0.3, 0.4) is 0 Å². The number of hydrogen-bond donors (Lipinski definition) is 0. The molecule has 2 bridgehead atoms. The van der Waals surface area contributed by atoms with Crippen LogP contribution in [0.5, 0.6) is 0 Å². The first-order chi connectivity index (χ1) is 7.33. The van der Waals surface area contributed by atoms with Crippen LogP contribution < -0.4 is 4.90 Å². The minimum absolute atomic E-state index is 0.765. The van der Waals surface area contributed by atoms with Crippen LogP contribution in [-0.2, 0) is 0 Å². The Bertz CT molecular complexity index is 344. The topological polar surface area (TPSA) is 6.48 Å². The molecule has 2 fully saturated rings. The second kappa shape index (κ2) is 3.53. The predicted molar refractivity (Wildman–Crippen MR) is 63.4 cm³/mol. The zero-order valence-corrected chi connectivity index (χ0v) is 9.32. The molecule has 2 aliphatic rings. The van der Waals surface area contributed by atoms with Crippen LogP contribution in [0.15, 0.2) is 24.3 Å². The fourth-order valence-corrected chi connectivity index (χ4v) is 2.78. The first kappa shape index (κ1) is 9.22. The third kappa shape index (κ3) is 1.63. The molecule has 0 saturated carbocycles. The summed E-state index contributed by atoms with van der Waals surface area (Å²) in [6.45, 7) is 7.16. The van der Waals surface area contributed by atoms with E-state index in [0.717, 1.165) is 6.04 Å². The van der Waals surface area contributed by atoms with Crippen molar-refractivity contribution in [2.24, 2.45) is 0 Å². The summed E-state index contributed by atoms with van der Waals surface area (Å²) in [4.78, 5) is 5.16. The van der Waals surface area contributed by atoms with Crippen molar-refractivity contribution >= 4 is 5.69 Å². The van der Waals surface area contributed by atoms with Gasteiger partial charge in [-0.3, -0.25) is 4.90 Å². The molecule has 1 aromatic carbocycles. The number of fused-ring (bicyclic) bond motifs is 2. The minimum atomic E-state index is 0.765. The fraction of sp³-hybridized carbons (Fsp3) is 0.538. The van der Waals surface area contributed by atoms with Gasteiger partial charge in [-0.15, -0.1) is 0 Å². The van der Waals surface area contributed by atoms with Crippen LogP contribution in [0.4, 0.5) is 5.69 Å². The summed E-state index contributed by atoms with van der Waals surface area (Å²) in [6, 6.07) is 9.74. The molecule has 0 aromatic heterocycles. The van der Waals surface area contributed by atoms with E-state index in [1.54, 1.807) is 0 Å². The monoisotopic (exact) mass is 202 g/mol. The van der Waals surface area contributed by atoms with Gasteiger partial charge in [0.1, 0.15) is 0 Å². The maximum Gasteiger partial charge on any atom is 0.0429 e.